The number of benzene rings is 3. The van der Waals surface area contributed by atoms with Crippen LogP contribution in [0, 0.1) is 6.92 Å². The second kappa shape index (κ2) is 9.98. The molecule has 2 N–H and O–H groups in total. The van der Waals surface area contributed by atoms with Gasteiger partial charge in [0.2, 0.25) is 5.91 Å². The Bertz CT molecular complexity index is 1050. The number of aryl methyl sites for hydroxylation is 1. The van der Waals surface area contributed by atoms with Gasteiger partial charge in [-0.15, -0.1) is 0 Å². The van der Waals surface area contributed by atoms with Crippen molar-refractivity contribution in [1.82, 2.24) is 5.32 Å². The minimum Gasteiger partial charge on any atom is -0.497 e. The number of carbonyl (C=O) groups excluding carboxylic acids is 2. The lowest BCUT2D eigenvalue weighted by Crippen LogP contribution is -2.23. The lowest BCUT2D eigenvalue weighted by molar-refractivity contribution is -0.114. The zero-order chi connectivity index (χ0) is 21.5. The number of amides is 2. The van der Waals surface area contributed by atoms with Gasteiger partial charge in [-0.05, 0) is 55.0 Å². The van der Waals surface area contributed by atoms with E-state index in [4.69, 9.17) is 4.74 Å². The number of rotatable bonds is 7. The standard InChI is InChI=1S/C24H24N2O3S/c1-16-7-10-21(11-8-16)30-23-12-9-19(14-22(23)26-17(2)27)24(28)25-15-18-5-4-6-20(13-18)29-3/h4-14H,15H2,1-3H3,(H,25,28)(H,26,27). The summed E-state index contributed by atoms with van der Waals surface area (Å²) in [5, 5.41) is 5.74. The predicted octanol–water partition coefficient (Wildman–Crippen LogP) is 5.04. The molecule has 0 saturated carbocycles. The lowest BCUT2D eigenvalue weighted by atomic mass is 10.1. The van der Waals surface area contributed by atoms with Crippen molar-refractivity contribution in [2.24, 2.45) is 0 Å². The van der Waals surface area contributed by atoms with E-state index >= 15 is 0 Å². The van der Waals surface area contributed by atoms with E-state index in [9.17, 15) is 9.59 Å². The van der Waals surface area contributed by atoms with Crippen LogP contribution >= 0.6 is 11.8 Å². The SMILES string of the molecule is COc1cccc(CNC(=O)c2ccc(Sc3ccc(C)cc3)c(NC(C)=O)c2)c1. The van der Waals surface area contributed by atoms with Gasteiger partial charge in [-0.1, -0.05) is 41.6 Å². The number of ether oxygens (including phenoxy) is 1. The van der Waals surface area contributed by atoms with Gasteiger partial charge in [-0.2, -0.15) is 0 Å². The summed E-state index contributed by atoms with van der Waals surface area (Å²) in [6, 6.07) is 21.0. The highest BCUT2D eigenvalue weighted by Crippen LogP contribution is 2.34. The lowest BCUT2D eigenvalue weighted by Gasteiger charge is -2.13. The molecule has 0 unspecified atom stereocenters. The van der Waals surface area contributed by atoms with Crippen molar-refractivity contribution in [2.45, 2.75) is 30.2 Å². The molecule has 2 amide bonds. The second-order valence-electron chi connectivity index (χ2n) is 6.84. The Kier molecular flexibility index (Phi) is 7.14. The minimum absolute atomic E-state index is 0.185. The third-order valence-corrected chi connectivity index (χ3v) is 5.47. The quantitative estimate of drug-likeness (QED) is 0.562. The van der Waals surface area contributed by atoms with Gasteiger partial charge in [-0.3, -0.25) is 9.59 Å². The van der Waals surface area contributed by atoms with E-state index in [1.807, 2.05) is 61.5 Å². The van der Waals surface area contributed by atoms with Gasteiger partial charge in [0, 0.05) is 28.8 Å². The zero-order valence-electron chi connectivity index (χ0n) is 17.2. The molecule has 30 heavy (non-hydrogen) atoms. The zero-order valence-corrected chi connectivity index (χ0v) is 18.0. The van der Waals surface area contributed by atoms with Crippen LogP contribution in [0.15, 0.2) is 76.5 Å². The summed E-state index contributed by atoms with van der Waals surface area (Å²) in [5.41, 5.74) is 3.22. The van der Waals surface area contributed by atoms with E-state index in [1.165, 1.54) is 24.2 Å². The summed E-state index contributed by atoms with van der Waals surface area (Å²) < 4.78 is 5.21. The first-order chi connectivity index (χ1) is 14.4. The van der Waals surface area contributed by atoms with Crippen LogP contribution in [0.2, 0.25) is 0 Å². The van der Waals surface area contributed by atoms with Crippen molar-refractivity contribution in [2.75, 3.05) is 12.4 Å². The maximum Gasteiger partial charge on any atom is 0.251 e. The third kappa shape index (κ3) is 5.87. The Morgan fingerprint density at radius 3 is 2.47 bits per heavy atom. The Morgan fingerprint density at radius 1 is 1.00 bits per heavy atom. The van der Waals surface area contributed by atoms with Crippen LogP contribution in [0.1, 0.15) is 28.4 Å². The summed E-state index contributed by atoms with van der Waals surface area (Å²) in [6.07, 6.45) is 0. The molecule has 0 saturated heterocycles. The first-order valence-electron chi connectivity index (χ1n) is 9.52. The molecule has 0 aliphatic carbocycles. The Morgan fingerprint density at radius 2 is 1.77 bits per heavy atom. The molecule has 0 aliphatic heterocycles. The van der Waals surface area contributed by atoms with Gasteiger partial charge in [0.15, 0.2) is 0 Å². The van der Waals surface area contributed by atoms with E-state index < -0.39 is 0 Å². The summed E-state index contributed by atoms with van der Waals surface area (Å²) in [4.78, 5) is 26.3. The fourth-order valence-corrected chi connectivity index (χ4v) is 3.73. The van der Waals surface area contributed by atoms with E-state index in [1.54, 1.807) is 19.2 Å². The Balaban J connectivity index is 1.76. The molecule has 0 aromatic heterocycles. The molecule has 154 valence electrons. The monoisotopic (exact) mass is 420 g/mol. The van der Waals surface area contributed by atoms with Crippen LogP contribution in [0.25, 0.3) is 0 Å². The molecule has 0 fully saturated rings. The number of anilines is 1. The molecule has 6 heteroatoms. The smallest absolute Gasteiger partial charge is 0.251 e. The molecule has 0 heterocycles. The largest absolute Gasteiger partial charge is 0.497 e. The summed E-state index contributed by atoms with van der Waals surface area (Å²) in [5.74, 6) is 0.346. The van der Waals surface area contributed by atoms with Crippen LogP contribution in [-0.2, 0) is 11.3 Å². The van der Waals surface area contributed by atoms with E-state index in [-0.39, 0.29) is 11.8 Å². The molecule has 3 aromatic rings. The van der Waals surface area contributed by atoms with Crippen LogP contribution in [0.5, 0.6) is 5.75 Å². The van der Waals surface area contributed by atoms with Crippen LogP contribution in [-0.4, -0.2) is 18.9 Å². The molecular weight excluding hydrogens is 396 g/mol. The highest BCUT2D eigenvalue weighted by Gasteiger charge is 2.12. The van der Waals surface area contributed by atoms with Gasteiger partial charge in [0.25, 0.3) is 5.91 Å². The number of hydrogen-bond acceptors (Lipinski definition) is 4. The third-order valence-electron chi connectivity index (χ3n) is 4.39. The van der Waals surface area contributed by atoms with Gasteiger partial charge in [-0.25, -0.2) is 0 Å². The van der Waals surface area contributed by atoms with Crippen LogP contribution in [0.4, 0.5) is 5.69 Å². The van der Waals surface area contributed by atoms with Crippen LogP contribution < -0.4 is 15.4 Å². The van der Waals surface area contributed by atoms with E-state index in [2.05, 4.69) is 10.6 Å². The first-order valence-corrected chi connectivity index (χ1v) is 10.3. The van der Waals surface area contributed by atoms with Gasteiger partial charge in [0.05, 0.1) is 12.8 Å². The molecule has 0 bridgehead atoms. The Labute approximate surface area is 180 Å². The molecule has 0 spiro atoms. The number of methoxy groups -OCH3 is 1. The average molecular weight is 421 g/mol. The summed E-state index contributed by atoms with van der Waals surface area (Å²) in [6.45, 7) is 3.87. The van der Waals surface area contributed by atoms with Gasteiger partial charge in [0.1, 0.15) is 5.75 Å². The average Bonchev–Trinajstić information content (AvgIpc) is 2.74. The summed E-state index contributed by atoms with van der Waals surface area (Å²) >= 11 is 1.54. The molecule has 0 aliphatic rings. The maximum atomic E-state index is 12.7. The van der Waals surface area contributed by atoms with Crippen LogP contribution in [0.3, 0.4) is 0 Å². The molecule has 0 atom stereocenters. The van der Waals surface area contributed by atoms with Gasteiger partial charge < -0.3 is 15.4 Å². The topological polar surface area (TPSA) is 67.4 Å². The van der Waals surface area contributed by atoms with E-state index in [0.717, 1.165) is 21.1 Å². The Hall–Kier alpha value is -3.25. The molecule has 0 radical (unpaired) electrons. The second-order valence-corrected chi connectivity index (χ2v) is 7.96. The van der Waals surface area contributed by atoms with Crippen molar-refractivity contribution < 1.29 is 14.3 Å². The van der Waals surface area contributed by atoms with Crippen molar-refractivity contribution in [3.05, 3.63) is 83.4 Å². The predicted molar refractivity (Wildman–Crippen MR) is 120 cm³/mol. The molecule has 3 aromatic carbocycles. The molecular formula is C24H24N2O3S. The fourth-order valence-electron chi connectivity index (χ4n) is 2.85. The van der Waals surface area contributed by atoms with Crippen molar-refractivity contribution in [1.29, 1.82) is 0 Å². The maximum absolute atomic E-state index is 12.7. The first kappa shape index (κ1) is 21.5. The van der Waals surface area contributed by atoms with Gasteiger partial charge >= 0.3 is 0 Å². The number of carbonyl (C=O) groups is 2. The normalized spacial score (nSPS) is 10.4. The highest BCUT2D eigenvalue weighted by molar-refractivity contribution is 7.99. The van der Waals surface area contributed by atoms with Crippen molar-refractivity contribution >= 4 is 29.3 Å². The molecule has 5 nitrogen and oxygen atoms in total. The van der Waals surface area contributed by atoms with Crippen molar-refractivity contribution in [3.63, 3.8) is 0 Å². The number of hydrogen-bond donors (Lipinski definition) is 2. The summed E-state index contributed by atoms with van der Waals surface area (Å²) in [7, 11) is 1.61. The fraction of sp³-hybridized carbons (Fsp3) is 0.167. The highest BCUT2D eigenvalue weighted by atomic mass is 32.2. The van der Waals surface area contributed by atoms with Crippen molar-refractivity contribution in [3.8, 4) is 5.75 Å². The van der Waals surface area contributed by atoms with E-state index in [0.29, 0.717) is 17.8 Å². The molecule has 3 rings (SSSR count). The minimum atomic E-state index is -0.212. The number of nitrogens with one attached hydrogen (secondary N) is 2.